The maximum Gasteiger partial charge on any atom is 0.410 e. The van der Waals surface area contributed by atoms with Crippen molar-refractivity contribution in [2.75, 3.05) is 44.2 Å². The van der Waals surface area contributed by atoms with Gasteiger partial charge in [0, 0.05) is 50.7 Å². The van der Waals surface area contributed by atoms with Crippen LogP contribution in [0.5, 0.6) is 11.8 Å². The van der Waals surface area contributed by atoms with Gasteiger partial charge in [0.15, 0.2) is 5.82 Å². The maximum absolute atomic E-state index is 16.7. The van der Waals surface area contributed by atoms with E-state index in [-0.39, 0.29) is 11.9 Å². The van der Waals surface area contributed by atoms with Crippen molar-refractivity contribution < 1.29 is 23.4 Å². The highest BCUT2D eigenvalue weighted by Crippen LogP contribution is 2.43. The Bertz CT molecular complexity index is 2200. The van der Waals surface area contributed by atoms with Crippen LogP contribution in [0.2, 0.25) is 0 Å². The molecule has 3 saturated heterocycles. The Kier molecular flexibility index (Phi) is 11.8. The Morgan fingerprint density at radius 3 is 2.05 bits per heavy atom. The smallest absolute Gasteiger partial charge is 0.410 e. The molecule has 3 fully saturated rings. The van der Waals surface area contributed by atoms with Crippen molar-refractivity contribution in [3.05, 3.63) is 102 Å². The average Bonchev–Trinajstić information content (AvgIpc) is 3.59. The molecule has 8 rings (SSSR count). The fraction of sp³-hybridized carbons (Fsp3) is 0.479. The first-order valence-corrected chi connectivity index (χ1v) is 21.4. The van der Waals surface area contributed by atoms with E-state index in [1.165, 1.54) is 12.8 Å². The molecule has 3 aliphatic heterocycles. The first-order valence-electron chi connectivity index (χ1n) is 21.4. The van der Waals surface area contributed by atoms with E-state index < -0.39 is 5.60 Å². The molecule has 1 spiro atoms. The van der Waals surface area contributed by atoms with Gasteiger partial charge in [-0.1, -0.05) is 60.7 Å². The van der Waals surface area contributed by atoms with Gasteiger partial charge in [-0.15, -0.1) is 0 Å². The van der Waals surface area contributed by atoms with Gasteiger partial charge in [-0.25, -0.2) is 9.18 Å². The minimum absolute atomic E-state index is 0.182. The summed E-state index contributed by atoms with van der Waals surface area (Å²) in [6.45, 7) is 14.2. The van der Waals surface area contributed by atoms with Crippen LogP contribution >= 0.6 is 0 Å². The number of hydrogen-bond donors (Lipinski definition) is 0. The molecule has 3 aliphatic rings. The standard InChI is InChI=1S/C48H59FN6O4/c1-34(53-28-22-48(23-29-53)24-30-55(31-25-48)46(56)59-47(2,3)4)37-20-26-54(27-21-37)40-18-16-38-43(51-52(5)44(38)42(40)49)39-17-19-41(57-32-35-12-8-6-9-13-35)50-45(39)58-33-36-14-10-7-11-15-36/h6-19,34,37H,20-33H2,1-5H3. The SMILES string of the molecule is CC(C1CCN(c2ccc3c(-c4ccc(OCc5ccccc5)nc4OCc4ccccc4)nn(C)c3c2F)CC1)N1CCC2(CCN(C(=O)OC(C)(C)C)CC2)CC1. The normalized spacial score (nSPS) is 18.3. The molecule has 5 heterocycles. The number of rotatable bonds is 10. The molecule has 1 unspecified atom stereocenters. The van der Waals surface area contributed by atoms with Crippen molar-refractivity contribution in [2.45, 2.75) is 91.1 Å². The van der Waals surface area contributed by atoms with Crippen molar-refractivity contribution in [3.63, 3.8) is 0 Å². The predicted octanol–water partition coefficient (Wildman–Crippen LogP) is 9.65. The minimum Gasteiger partial charge on any atom is -0.473 e. The van der Waals surface area contributed by atoms with Crippen LogP contribution < -0.4 is 14.4 Å². The van der Waals surface area contributed by atoms with E-state index in [0.29, 0.717) is 70.2 Å². The molecular formula is C48H59FN6O4. The lowest BCUT2D eigenvalue weighted by molar-refractivity contribution is -0.0104. The quantitative estimate of drug-likeness (QED) is 0.138. The molecule has 0 N–H and O–H groups in total. The van der Waals surface area contributed by atoms with Crippen LogP contribution in [0.15, 0.2) is 84.9 Å². The van der Waals surface area contributed by atoms with E-state index in [1.54, 1.807) is 11.7 Å². The zero-order chi connectivity index (χ0) is 41.1. The zero-order valence-corrected chi connectivity index (χ0v) is 35.3. The van der Waals surface area contributed by atoms with Gasteiger partial charge in [-0.3, -0.25) is 4.68 Å². The summed E-state index contributed by atoms with van der Waals surface area (Å²) in [6, 6.07) is 28.0. The van der Waals surface area contributed by atoms with E-state index in [0.717, 1.165) is 76.1 Å². The lowest BCUT2D eigenvalue weighted by Crippen LogP contribution is -2.52. The Morgan fingerprint density at radius 1 is 0.814 bits per heavy atom. The molecule has 0 radical (unpaired) electrons. The first kappa shape index (κ1) is 40.6. The van der Waals surface area contributed by atoms with Crippen LogP contribution in [0, 0.1) is 17.2 Å². The van der Waals surface area contributed by atoms with E-state index in [2.05, 4.69) is 16.7 Å². The number of likely N-dealkylation sites (tertiary alicyclic amines) is 2. The van der Waals surface area contributed by atoms with Crippen molar-refractivity contribution in [2.24, 2.45) is 18.4 Å². The summed E-state index contributed by atoms with van der Waals surface area (Å²) in [5, 5.41) is 5.57. The van der Waals surface area contributed by atoms with E-state index in [1.807, 2.05) is 111 Å². The summed E-state index contributed by atoms with van der Waals surface area (Å²) in [4.78, 5) is 24.2. The van der Waals surface area contributed by atoms with E-state index in [9.17, 15) is 4.79 Å². The summed E-state index contributed by atoms with van der Waals surface area (Å²) in [5.41, 5.74) is 4.28. The summed E-state index contributed by atoms with van der Waals surface area (Å²) in [6.07, 6.45) is 6.33. The number of amides is 1. The maximum atomic E-state index is 16.7. The number of pyridine rings is 1. The number of aromatic nitrogens is 3. The summed E-state index contributed by atoms with van der Waals surface area (Å²) in [7, 11) is 1.80. The number of nitrogens with zero attached hydrogens (tertiary/aromatic N) is 6. The van der Waals surface area contributed by atoms with Crippen molar-refractivity contribution in [1.29, 1.82) is 0 Å². The number of anilines is 1. The second-order valence-corrected chi connectivity index (χ2v) is 17.9. The molecule has 0 aliphatic carbocycles. The molecule has 11 heteroatoms. The lowest BCUT2D eigenvalue weighted by atomic mass is 9.70. The topological polar surface area (TPSA) is 85.2 Å². The van der Waals surface area contributed by atoms with Crippen LogP contribution in [0.3, 0.4) is 0 Å². The van der Waals surface area contributed by atoms with E-state index in [4.69, 9.17) is 24.3 Å². The van der Waals surface area contributed by atoms with Gasteiger partial charge in [-0.05, 0) is 120 Å². The van der Waals surface area contributed by atoms with Crippen LogP contribution in [-0.2, 0) is 25.0 Å². The van der Waals surface area contributed by atoms with Crippen LogP contribution in [0.4, 0.5) is 14.9 Å². The molecule has 0 bridgehead atoms. The molecule has 0 saturated carbocycles. The van der Waals surface area contributed by atoms with Gasteiger partial charge in [0.25, 0.3) is 0 Å². The van der Waals surface area contributed by atoms with Gasteiger partial charge in [0.2, 0.25) is 11.8 Å². The Balaban J connectivity index is 0.916. The molecule has 5 aromatic rings. The van der Waals surface area contributed by atoms with Crippen LogP contribution in [0.25, 0.3) is 22.2 Å². The van der Waals surface area contributed by atoms with Gasteiger partial charge >= 0.3 is 6.09 Å². The third kappa shape index (κ3) is 9.20. The highest BCUT2D eigenvalue weighted by molar-refractivity contribution is 5.96. The summed E-state index contributed by atoms with van der Waals surface area (Å²) >= 11 is 0. The van der Waals surface area contributed by atoms with Gasteiger partial charge in [0.1, 0.15) is 30.0 Å². The number of hydrogen-bond acceptors (Lipinski definition) is 8. The number of piperidine rings is 3. The molecule has 1 atom stereocenters. The first-order chi connectivity index (χ1) is 28.5. The number of fused-ring (bicyclic) bond motifs is 1. The monoisotopic (exact) mass is 802 g/mol. The average molecular weight is 803 g/mol. The van der Waals surface area contributed by atoms with Crippen molar-refractivity contribution in [1.82, 2.24) is 24.6 Å². The summed E-state index contributed by atoms with van der Waals surface area (Å²) < 4.78 is 36.4. The van der Waals surface area contributed by atoms with Crippen LogP contribution in [-0.4, -0.2) is 81.6 Å². The predicted molar refractivity (Wildman–Crippen MR) is 230 cm³/mol. The highest BCUT2D eigenvalue weighted by atomic mass is 19.1. The minimum atomic E-state index is -0.467. The third-order valence-corrected chi connectivity index (χ3v) is 12.9. The molecule has 312 valence electrons. The summed E-state index contributed by atoms with van der Waals surface area (Å²) in [5.74, 6) is 1.13. The lowest BCUT2D eigenvalue weighted by Gasteiger charge is -2.49. The van der Waals surface area contributed by atoms with Gasteiger partial charge < -0.3 is 28.9 Å². The number of benzene rings is 3. The molecule has 10 nitrogen and oxygen atoms in total. The Labute approximate surface area is 348 Å². The molecular weight excluding hydrogens is 744 g/mol. The molecule has 59 heavy (non-hydrogen) atoms. The van der Waals surface area contributed by atoms with E-state index >= 15 is 4.39 Å². The zero-order valence-electron chi connectivity index (χ0n) is 35.3. The van der Waals surface area contributed by atoms with Crippen molar-refractivity contribution in [3.8, 4) is 23.0 Å². The van der Waals surface area contributed by atoms with Gasteiger partial charge in [-0.2, -0.15) is 10.1 Å². The van der Waals surface area contributed by atoms with Gasteiger partial charge in [0.05, 0.1) is 11.3 Å². The Morgan fingerprint density at radius 2 is 1.42 bits per heavy atom. The third-order valence-electron chi connectivity index (χ3n) is 12.9. The number of carbonyl (C=O) groups is 1. The number of ether oxygens (including phenoxy) is 3. The van der Waals surface area contributed by atoms with Crippen molar-refractivity contribution >= 4 is 22.7 Å². The molecule has 3 aromatic carbocycles. The largest absolute Gasteiger partial charge is 0.473 e. The number of halogens is 1. The second-order valence-electron chi connectivity index (χ2n) is 17.9. The fourth-order valence-corrected chi connectivity index (χ4v) is 9.33. The fourth-order valence-electron chi connectivity index (χ4n) is 9.33. The second kappa shape index (κ2) is 17.2. The number of carbonyl (C=O) groups excluding carboxylic acids is 1. The highest BCUT2D eigenvalue weighted by Gasteiger charge is 2.41. The van der Waals surface area contributed by atoms with Crippen LogP contribution in [0.1, 0.15) is 77.3 Å². The molecule has 1 amide bonds. The number of aryl methyl sites for hydroxylation is 1. The Hall–Kier alpha value is -5.16. The molecule has 2 aromatic heterocycles.